The molecule has 1 N–H and O–H groups in total. The standard InChI is InChI=1S/C27H22ClNO5/c28-20-8-4-7-18(15-20)24-23(25(30)19-9-10-21-22(16-19)34-14-13-33-21)26(31)27(32)29(24)12-11-17-5-2-1-3-6-17/h1-10,15-16,24,30H,11-14H2/t24-/m0/s1. The van der Waals surface area contributed by atoms with Gasteiger partial charge < -0.3 is 19.5 Å². The second-order valence-corrected chi connectivity index (χ2v) is 8.58. The predicted molar refractivity (Wildman–Crippen MR) is 128 cm³/mol. The van der Waals surface area contributed by atoms with Crippen molar-refractivity contribution in [2.75, 3.05) is 19.8 Å². The first-order chi connectivity index (χ1) is 16.5. The van der Waals surface area contributed by atoms with Gasteiger partial charge in [0.25, 0.3) is 11.7 Å². The van der Waals surface area contributed by atoms with Crippen LogP contribution >= 0.6 is 11.6 Å². The molecule has 6 nitrogen and oxygen atoms in total. The Morgan fingerprint density at radius 3 is 2.47 bits per heavy atom. The molecule has 3 aromatic carbocycles. The Bertz CT molecular complexity index is 1290. The molecule has 0 aromatic heterocycles. The van der Waals surface area contributed by atoms with Gasteiger partial charge in [-0.1, -0.05) is 54.1 Å². The second kappa shape index (κ2) is 9.23. The van der Waals surface area contributed by atoms with E-state index in [1.807, 2.05) is 30.3 Å². The molecule has 1 saturated heterocycles. The summed E-state index contributed by atoms with van der Waals surface area (Å²) in [5.41, 5.74) is 2.09. The van der Waals surface area contributed by atoms with Crippen LogP contribution in [0.3, 0.4) is 0 Å². The third-order valence-electron chi connectivity index (χ3n) is 6.00. The SMILES string of the molecule is O=C1C(=O)N(CCc2ccccc2)[C@@H](c2cccc(Cl)c2)C1=C(O)c1ccc2c(c1)OCCO2. The number of carbonyl (C=O) groups excluding carboxylic acids is 2. The molecule has 5 rings (SSSR count). The van der Waals surface area contributed by atoms with E-state index >= 15 is 0 Å². The lowest BCUT2D eigenvalue weighted by atomic mass is 9.95. The van der Waals surface area contributed by atoms with Gasteiger partial charge in [0.05, 0.1) is 11.6 Å². The van der Waals surface area contributed by atoms with E-state index in [9.17, 15) is 14.7 Å². The highest BCUT2D eigenvalue weighted by atomic mass is 35.5. The molecule has 1 amide bonds. The Labute approximate surface area is 202 Å². The Kier molecular flexibility index (Phi) is 5.99. The highest BCUT2D eigenvalue weighted by Gasteiger charge is 2.46. The molecule has 0 radical (unpaired) electrons. The van der Waals surface area contributed by atoms with Crippen molar-refractivity contribution in [2.45, 2.75) is 12.5 Å². The fourth-order valence-electron chi connectivity index (χ4n) is 4.37. The molecule has 2 aliphatic heterocycles. The van der Waals surface area contributed by atoms with Gasteiger partial charge in [-0.05, 0) is 47.9 Å². The number of hydrogen-bond donors (Lipinski definition) is 1. The third-order valence-corrected chi connectivity index (χ3v) is 6.24. The number of likely N-dealkylation sites (tertiary alicyclic amines) is 1. The van der Waals surface area contributed by atoms with Gasteiger partial charge in [0, 0.05) is 17.1 Å². The molecular formula is C27H22ClNO5. The summed E-state index contributed by atoms with van der Waals surface area (Å²) in [4.78, 5) is 27.8. The lowest BCUT2D eigenvalue weighted by molar-refractivity contribution is -0.139. The molecule has 172 valence electrons. The molecule has 7 heteroatoms. The summed E-state index contributed by atoms with van der Waals surface area (Å²) >= 11 is 6.24. The summed E-state index contributed by atoms with van der Waals surface area (Å²) in [7, 11) is 0. The van der Waals surface area contributed by atoms with Crippen LogP contribution in [0.15, 0.2) is 78.4 Å². The zero-order valence-corrected chi connectivity index (χ0v) is 19.0. The highest BCUT2D eigenvalue weighted by molar-refractivity contribution is 6.46. The number of benzene rings is 3. The van der Waals surface area contributed by atoms with Crippen LogP contribution in [0.5, 0.6) is 11.5 Å². The first-order valence-corrected chi connectivity index (χ1v) is 11.4. The molecule has 1 fully saturated rings. The maximum absolute atomic E-state index is 13.2. The zero-order valence-electron chi connectivity index (χ0n) is 18.2. The summed E-state index contributed by atoms with van der Waals surface area (Å²) in [6, 6.07) is 20.9. The number of hydrogen-bond acceptors (Lipinski definition) is 5. The largest absolute Gasteiger partial charge is 0.507 e. The van der Waals surface area contributed by atoms with E-state index in [4.69, 9.17) is 21.1 Å². The van der Waals surface area contributed by atoms with Crippen molar-refractivity contribution in [3.8, 4) is 11.5 Å². The number of amides is 1. The molecule has 0 saturated carbocycles. The fourth-order valence-corrected chi connectivity index (χ4v) is 4.57. The number of halogens is 1. The highest BCUT2D eigenvalue weighted by Crippen LogP contribution is 2.41. The molecule has 34 heavy (non-hydrogen) atoms. The lowest BCUT2D eigenvalue weighted by Crippen LogP contribution is -2.31. The lowest BCUT2D eigenvalue weighted by Gasteiger charge is -2.25. The van der Waals surface area contributed by atoms with Crippen LogP contribution in [-0.2, 0) is 16.0 Å². The number of aliphatic hydroxyl groups is 1. The van der Waals surface area contributed by atoms with E-state index < -0.39 is 17.7 Å². The average molecular weight is 476 g/mol. The average Bonchev–Trinajstić information content (AvgIpc) is 3.12. The first kappa shape index (κ1) is 22.0. The smallest absolute Gasteiger partial charge is 0.295 e. The predicted octanol–water partition coefficient (Wildman–Crippen LogP) is 4.78. The number of aliphatic hydroxyl groups excluding tert-OH is 1. The minimum atomic E-state index is -0.768. The van der Waals surface area contributed by atoms with E-state index in [-0.39, 0.29) is 11.3 Å². The van der Waals surface area contributed by atoms with Gasteiger partial charge in [-0.15, -0.1) is 0 Å². The maximum atomic E-state index is 13.2. The number of fused-ring (bicyclic) bond motifs is 1. The molecule has 0 unspecified atom stereocenters. The van der Waals surface area contributed by atoms with Crippen LogP contribution in [0.2, 0.25) is 5.02 Å². The number of rotatable bonds is 5. The first-order valence-electron chi connectivity index (χ1n) is 11.0. The quantitative estimate of drug-likeness (QED) is 0.326. The monoisotopic (exact) mass is 475 g/mol. The van der Waals surface area contributed by atoms with E-state index in [1.54, 1.807) is 42.5 Å². The Hall–Kier alpha value is -3.77. The van der Waals surface area contributed by atoms with Crippen molar-refractivity contribution in [1.29, 1.82) is 0 Å². The summed E-state index contributed by atoms with van der Waals surface area (Å²) in [6.45, 7) is 1.15. The van der Waals surface area contributed by atoms with Gasteiger partial charge in [-0.3, -0.25) is 9.59 Å². The van der Waals surface area contributed by atoms with Gasteiger partial charge in [-0.2, -0.15) is 0 Å². The summed E-state index contributed by atoms with van der Waals surface area (Å²) in [6.07, 6.45) is 0.564. The van der Waals surface area contributed by atoms with Crippen LogP contribution in [0.25, 0.3) is 5.76 Å². The van der Waals surface area contributed by atoms with E-state index in [0.717, 1.165) is 5.56 Å². The van der Waals surface area contributed by atoms with Crippen LogP contribution in [0.4, 0.5) is 0 Å². The second-order valence-electron chi connectivity index (χ2n) is 8.14. The number of nitrogens with zero attached hydrogens (tertiary/aromatic N) is 1. The molecule has 1 atom stereocenters. The van der Waals surface area contributed by atoms with Crippen LogP contribution in [0.1, 0.15) is 22.7 Å². The van der Waals surface area contributed by atoms with E-state index in [2.05, 4.69) is 0 Å². The van der Waals surface area contributed by atoms with Crippen molar-refractivity contribution in [1.82, 2.24) is 4.90 Å². The maximum Gasteiger partial charge on any atom is 0.295 e. The minimum absolute atomic E-state index is 0.0250. The van der Waals surface area contributed by atoms with Gasteiger partial charge in [-0.25, -0.2) is 0 Å². The Morgan fingerprint density at radius 1 is 0.941 bits per heavy atom. The van der Waals surface area contributed by atoms with Crippen LogP contribution < -0.4 is 9.47 Å². The molecule has 2 aliphatic rings. The van der Waals surface area contributed by atoms with Gasteiger partial charge in [0.2, 0.25) is 0 Å². The summed E-state index contributed by atoms with van der Waals surface area (Å²) < 4.78 is 11.2. The topological polar surface area (TPSA) is 76.1 Å². The van der Waals surface area contributed by atoms with Crippen molar-refractivity contribution in [3.63, 3.8) is 0 Å². The molecule has 3 aromatic rings. The Morgan fingerprint density at radius 2 is 1.71 bits per heavy atom. The number of ketones is 1. The fraction of sp³-hybridized carbons (Fsp3) is 0.185. The molecular weight excluding hydrogens is 454 g/mol. The molecule has 0 aliphatic carbocycles. The van der Waals surface area contributed by atoms with Gasteiger partial charge >= 0.3 is 0 Å². The van der Waals surface area contributed by atoms with Crippen LogP contribution in [0, 0.1) is 0 Å². The van der Waals surface area contributed by atoms with Gasteiger partial charge in [0.1, 0.15) is 19.0 Å². The van der Waals surface area contributed by atoms with E-state index in [0.29, 0.717) is 53.8 Å². The summed E-state index contributed by atoms with van der Waals surface area (Å²) in [5.74, 6) is -0.599. The van der Waals surface area contributed by atoms with Crippen molar-refractivity contribution in [2.24, 2.45) is 0 Å². The molecule has 2 heterocycles. The minimum Gasteiger partial charge on any atom is -0.507 e. The van der Waals surface area contributed by atoms with Crippen molar-refractivity contribution < 1.29 is 24.2 Å². The van der Waals surface area contributed by atoms with Crippen molar-refractivity contribution >= 4 is 29.1 Å². The number of Topliss-reactive ketones (excluding diaryl/α,β-unsaturated/α-hetero) is 1. The number of ether oxygens (including phenoxy) is 2. The molecule has 0 spiro atoms. The van der Waals surface area contributed by atoms with Gasteiger partial charge in [0.15, 0.2) is 11.5 Å². The molecule has 0 bridgehead atoms. The Balaban J connectivity index is 1.58. The zero-order chi connectivity index (χ0) is 23.7. The summed E-state index contributed by atoms with van der Waals surface area (Å²) in [5, 5.41) is 11.7. The number of carbonyl (C=O) groups is 2. The van der Waals surface area contributed by atoms with Crippen LogP contribution in [-0.4, -0.2) is 41.5 Å². The third kappa shape index (κ3) is 4.13. The normalized spacial score (nSPS) is 18.9. The van der Waals surface area contributed by atoms with Crippen molar-refractivity contribution in [3.05, 3.63) is 100 Å². The van der Waals surface area contributed by atoms with E-state index in [1.165, 1.54) is 4.90 Å².